The van der Waals surface area contributed by atoms with E-state index in [-0.39, 0.29) is 0 Å². The number of hydrogen-bond donors (Lipinski definition) is 0. The predicted molar refractivity (Wildman–Crippen MR) is 77.4 cm³/mol. The molecule has 2 nitrogen and oxygen atoms in total. The van der Waals surface area contributed by atoms with Crippen LogP contribution in [0.2, 0.25) is 5.02 Å². The number of nitrogens with zero attached hydrogens (tertiary/aromatic N) is 1. The highest BCUT2D eigenvalue weighted by Gasteiger charge is 2.17. The molecule has 0 amide bonds. The van der Waals surface area contributed by atoms with Crippen molar-refractivity contribution < 1.29 is 4.84 Å². The standard InChI is InChI=1S/C16H14ClNO/c17-15-8-6-14(7-9-15)16-10-11-18(19-16)12-13-4-2-1-3-5-13/h1-10H,11-12H2. The number of hydroxylamine groups is 2. The van der Waals surface area contributed by atoms with Gasteiger partial charge in [0.1, 0.15) is 0 Å². The maximum atomic E-state index is 5.88. The minimum Gasteiger partial charge on any atom is -0.405 e. The summed E-state index contributed by atoms with van der Waals surface area (Å²) in [7, 11) is 0. The van der Waals surface area contributed by atoms with Crippen molar-refractivity contribution in [3.8, 4) is 0 Å². The third-order valence-electron chi connectivity index (χ3n) is 3.04. The summed E-state index contributed by atoms with van der Waals surface area (Å²) in [6, 6.07) is 18.0. The topological polar surface area (TPSA) is 12.5 Å². The second kappa shape index (κ2) is 5.47. The smallest absolute Gasteiger partial charge is 0.152 e. The van der Waals surface area contributed by atoms with Crippen LogP contribution in [0.15, 0.2) is 60.7 Å². The molecule has 0 aromatic heterocycles. The maximum absolute atomic E-state index is 5.88. The lowest BCUT2D eigenvalue weighted by atomic mass is 10.2. The Hall–Kier alpha value is -1.77. The molecule has 0 bridgehead atoms. The van der Waals surface area contributed by atoms with Gasteiger partial charge in [0.2, 0.25) is 0 Å². The van der Waals surface area contributed by atoms with E-state index in [0.29, 0.717) is 0 Å². The summed E-state index contributed by atoms with van der Waals surface area (Å²) in [5.41, 5.74) is 2.30. The van der Waals surface area contributed by atoms with Crippen LogP contribution in [0.5, 0.6) is 0 Å². The molecule has 0 saturated carbocycles. The third-order valence-corrected chi connectivity index (χ3v) is 3.29. The molecule has 2 aromatic carbocycles. The first kappa shape index (κ1) is 12.3. The van der Waals surface area contributed by atoms with E-state index in [0.717, 1.165) is 29.4 Å². The summed E-state index contributed by atoms with van der Waals surface area (Å²) in [6.45, 7) is 1.58. The molecular formula is C16H14ClNO. The van der Waals surface area contributed by atoms with E-state index in [1.165, 1.54) is 5.56 Å². The Balaban J connectivity index is 1.65. The molecule has 0 saturated heterocycles. The predicted octanol–water partition coefficient (Wildman–Crippen LogP) is 4.13. The molecule has 1 aliphatic heterocycles. The van der Waals surface area contributed by atoms with Crippen LogP contribution in [0.25, 0.3) is 5.76 Å². The summed E-state index contributed by atoms with van der Waals surface area (Å²) in [5.74, 6) is 0.896. The molecule has 1 aliphatic rings. The van der Waals surface area contributed by atoms with Crippen LogP contribution in [0, 0.1) is 0 Å². The van der Waals surface area contributed by atoms with Gasteiger partial charge in [-0.2, -0.15) is 0 Å². The van der Waals surface area contributed by atoms with Crippen LogP contribution in [-0.2, 0) is 11.4 Å². The number of rotatable bonds is 3. The second-order valence-electron chi connectivity index (χ2n) is 4.47. The average molecular weight is 272 g/mol. The Morgan fingerprint density at radius 1 is 1.00 bits per heavy atom. The maximum Gasteiger partial charge on any atom is 0.152 e. The SMILES string of the molecule is Clc1ccc(C2=CCN(Cc3ccccc3)O2)cc1. The molecule has 0 atom stereocenters. The fourth-order valence-electron chi connectivity index (χ4n) is 2.07. The average Bonchev–Trinajstić information content (AvgIpc) is 2.89. The summed E-state index contributed by atoms with van der Waals surface area (Å²) in [5, 5.41) is 2.68. The Morgan fingerprint density at radius 3 is 2.47 bits per heavy atom. The molecule has 0 spiro atoms. The molecule has 2 aromatic rings. The fourth-order valence-corrected chi connectivity index (χ4v) is 2.19. The van der Waals surface area contributed by atoms with Gasteiger partial charge < -0.3 is 4.84 Å². The van der Waals surface area contributed by atoms with Gasteiger partial charge in [-0.15, -0.1) is 5.06 Å². The molecule has 0 aliphatic carbocycles. The van der Waals surface area contributed by atoms with E-state index in [1.807, 2.05) is 47.5 Å². The van der Waals surface area contributed by atoms with E-state index >= 15 is 0 Å². The summed E-state index contributed by atoms with van der Waals surface area (Å²) >= 11 is 5.88. The van der Waals surface area contributed by atoms with Gasteiger partial charge in [-0.05, 0) is 35.9 Å². The van der Waals surface area contributed by atoms with Crippen molar-refractivity contribution in [1.29, 1.82) is 0 Å². The Bertz CT molecular complexity index is 577. The van der Waals surface area contributed by atoms with Gasteiger partial charge in [-0.1, -0.05) is 41.9 Å². The highest BCUT2D eigenvalue weighted by Crippen LogP contribution is 2.25. The molecule has 1 heterocycles. The normalized spacial score (nSPS) is 15.1. The lowest BCUT2D eigenvalue weighted by Crippen LogP contribution is -2.17. The molecule has 3 heteroatoms. The monoisotopic (exact) mass is 271 g/mol. The quantitative estimate of drug-likeness (QED) is 0.832. The van der Waals surface area contributed by atoms with Crippen molar-refractivity contribution >= 4 is 17.4 Å². The van der Waals surface area contributed by atoms with Gasteiger partial charge in [0.05, 0.1) is 13.1 Å². The van der Waals surface area contributed by atoms with Crippen LogP contribution < -0.4 is 0 Å². The van der Waals surface area contributed by atoms with Crippen molar-refractivity contribution in [3.63, 3.8) is 0 Å². The van der Waals surface area contributed by atoms with Crippen molar-refractivity contribution in [2.45, 2.75) is 6.54 Å². The van der Waals surface area contributed by atoms with Crippen LogP contribution in [0.1, 0.15) is 11.1 Å². The molecule has 0 N–H and O–H groups in total. The summed E-state index contributed by atoms with van der Waals surface area (Å²) in [6.07, 6.45) is 2.09. The van der Waals surface area contributed by atoms with Crippen molar-refractivity contribution in [2.75, 3.05) is 6.54 Å². The zero-order valence-corrected chi connectivity index (χ0v) is 11.2. The molecular weight excluding hydrogens is 258 g/mol. The first-order chi connectivity index (χ1) is 9.31. The minimum absolute atomic E-state index is 0.739. The van der Waals surface area contributed by atoms with Crippen molar-refractivity contribution in [2.24, 2.45) is 0 Å². The van der Waals surface area contributed by atoms with E-state index in [9.17, 15) is 0 Å². The van der Waals surface area contributed by atoms with Crippen molar-refractivity contribution in [1.82, 2.24) is 5.06 Å². The summed E-state index contributed by atoms with van der Waals surface area (Å²) < 4.78 is 0. The molecule has 3 rings (SSSR count). The van der Waals surface area contributed by atoms with Gasteiger partial charge >= 0.3 is 0 Å². The van der Waals surface area contributed by atoms with Gasteiger partial charge in [0.25, 0.3) is 0 Å². The zero-order valence-electron chi connectivity index (χ0n) is 10.4. The van der Waals surface area contributed by atoms with Crippen LogP contribution in [0.3, 0.4) is 0 Å². The Labute approximate surface area is 117 Å². The highest BCUT2D eigenvalue weighted by atomic mass is 35.5. The molecule has 96 valence electrons. The lowest BCUT2D eigenvalue weighted by molar-refractivity contribution is -0.0693. The second-order valence-corrected chi connectivity index (χ2v) is 4.91. The lowest BCUT2D eigenvalue weighted by Gasteiger charge is -2.16. The first-order valence-corrected chi connectivity index (χ1v) is 6.62. The third kappa shape index (κ3) is 2.98. The largest absolute Gasteiger partial charge is 0.405 e. The van der Waals surface area contributed by atoms with E-state index in [1.54, 1.807) is 0 Å². The van der Waals surface area contributed by atoms with Gasteiger partial charge in [-0.25, -0.2) is 0 Å². The van der Waals surface area contributed by atoms with Crippen LogP contribution >= 0.6 is 11.6 Å². The number of hydrogen-bond acceptors (Lipinski definition) is 2. The molecule has 0 radical (unpaired) electrons. The molecule has 0 unspecified atom stereocenters. The minimum atomic E-state index is 0.739. The summed E-state index contributed by atoms with van der Waals surface area (Å²) in [4.78, 5) is 5.84. The van der Waals surface area contributed by atoms with Gasteiger partial charge in [-0.3, -0.25) is 0 Å². The molecule has 0 fully saturated rings. The zero-order chi connectivity index (χ0) is 13.1. The van der Waals surface area contributed by atoms with Crippen molar-refractivity contribution in [3.05, 3.63) is 76.8 Å². The molecule has 19 heavy (non-hydrogen) atoms. The van der Waals surface area contributed by atoms with Gasteiger partial charge in [0, 0.05) is 10.6 Å². The number of benzene rings is 2. The highest BCUT2D eigenvalue weighted by molar-refractivity contribution is 6.30. The van der Waals surface area contributed by atoms with E-state index in [2.05, 4.69) is 18.2 Å². The fraction of sp³-hybridized carbons (Fsp3) is 0.125. The first-order valence-electron chi connectivity index (χ1n) is 6.24. The van der Waals surface area contributed by atoms with Crippen LogP contribution in [-0.4, -0.2) is 11.6 Å². The van der Waals surface area contributed by atoms with Crippen LogP contribution in [0.4, 0.5) is 0 Å². The Kier molecular flexibility index (Phi) is 3.53. The van der Waals surface area contributed by atoms with E-state index in [4.69, 9.17) is 16.4 Å². The van der Waals surface area contributed by atoms with E-state index < -0.39 is 0 Å². The van der Waals surface area contributed by atoms with Gasteiger partial charge in [0.15, 0.2) is 5.76 Å². The Morgan fingerprint density at radius 2 is 1.74 bits per heavy atom. The number of halogens is 1.